The molecule has 0 bridgehead atoms. The van der Waals surface area contributed by atoms with Crippen LogP contribution in [-0.2, 0) is 16.1 Å². The van der Waals surface area contributed by atoms with Crippen molar-refractivity contribution in [2.45, 2.75) is 13.5 Å². The molecule has 0 aliphatic heterocycles. The van der Waals surface area contributed by atoms with Gasteiger partial charge in [0, 0.05) is 30.6 Å². The van der Waals surface area contributed by atoms with Crippen molar-refractivity contribution < 1.29 is 9.59 Å². The molecule has 1 aromatic heterocycles. The molecule has 8 heteroatoms. The fourth-order valence-corrected chi connectivity index (χ4v) is 1.76. The molecule has 0 spiro atoms. The minimum Gasteiger partial charge on any atom is -0.326 e. The van der Waals surface area contributed by atoms with Gasteiger partial charge in [0.15, 0.2) is 0 Å². The second kappa shape index (κ2) is 6.53. The highest BCUT2D eigenvalue weighted by molar-refractivity contribution is 5.92. The van der Waals surface area contributed by atoms with Gasteiger partial charge in [-0.05, 0) is 24.3 Å². The number of aromatic amines is 1. The molecular weight excluding hydrogens is 288 g/mol. The van der Waals surface area contributed by atoms with Gasteiger partial charge in [-0.15, -0.1) is 0 Å². The van der Waals surface area contributed by atoms with Crippen LogP contribution in [0.5, 0.6) is 0 Å². The minimum atomic E-state index is -0.649. The molecule has 0 aliphatic carbocycles. The van der Waals surface area contributed by atoms with Gasteiger partial charge in [0.2, 0.25) is 11.8 Å². The summed E-state index contributed by atoms with van der Waals surface area (Å²) in [6, 6.07) is 7.70. The van der Waals surface area contributed by atoms with E-state index in [-0.39, 0.29) is 12.5 Å². The summed E-state index contributed by atoms with van der Waals surface area (Å²) in [5, 5.41) is 5.22. The van der Waals surface area contributed by atoms with Crippen LogP contribution in [0, 0.1) is 0 Å². The summed E-state index contributed by atoms with van der Waals surface area (Å²) in [6.07, 6.45) is 1.25. The first-order valence-electron chi connectivity index (χ1n) is 6.41. The summed E-state index contributed by atoms with van der Waals surface area (Å²) in [5.74, 6) is -0.601. The van der Waals surface area contributed by atoms with E-state index in [0.717, 1.165) is 10.6 Å². The monoisotopic (exact) mass is 302 g/mol. The van der Waals surface area contributed by atoms with E-state index in [1.54, 1.807) is 24.3 Å². The number of hydrogen-bond donors (Lipinski definition) is 3. The summed E-state index contributed by atoms with van der Waals surface area (Å²) in [7, 11) is 0. The Bertz CT molecular complexity index is 805. The summed E-state index contributed by atoms with van der Waals surface area (Å²) in [6.45, 7) is 1.18. The van der Waals surface area contributed by atoms with Crippen molar-refractivity contribution in [3.05, 3.63) is 57.4 Å². The number of H-pyrrole nitrogens is 1. The van der Waals surface area contributed by atoms with Gasteiger partial charge in [0.25, 0.3) is 5.56 Å². The van der Waals surface area contributed by atoms with E-state index in [1.165, 1.54) is 13.1 Å². The van der Waals surface area contributed by atoms with E-state index in [4.69, 9.17) is 0 Å². The lowest BCUT2D eigenvalue weighted by Crippen LogP contribution is -2.32. The van der Waals surface area contributed by atoms with Crippen molar-refractivity contribution in [1.29, 1.82) is 0 Å². The van der Waals surface area contributed by atoms with Crippen LogP contribution in [0.3, 0.4) is 0 Å². The molecule has 0 radical (unpaired) electrons. The Morgan fingerprint density at radius 1 is 1.05 bits per heavy atom. The minimum absolute atomic E-state index is 0.186. The molecule has 114 valence electrons. The maximum atomic E-state index is 11.8. The number of aromatic nitrogens is 2. The molecule has 0 saturated carbocycles. The Kier molecular flexibility index (Phi) is 4.52. The molecule has 22 heavy (non-hydrogen) atoms. The van der Waals surface area contributed by atoms with Gasteiger partial charge in [-0.1, -0.05) is 0 Å². The molecule has 0 unspecified atom stereocenters. The zero-order valence-corrected chi connectivity index (χ0v) is 11.8. The molecule has 2 amide bonds. The molecule has 0 fully saturated rings. The molecule has 3 N–H and O–H groups in total. The van der Waals surface area contributed by atoms with E-state index in [1.807, 2.05) is 0 Å². The van der Waals surface area contributed by atoms with Gasteiger partial charge in [-0.2, -0.15) is 0 Å². The van der Waals surface area contributed by atoms with Crippen LogP contribution in [-0.4, -0.2) is 21.4 Å². The van der Waals surface area contributed by atoms with Crippen LogP contribution in [0.1, 0.15) is 6.92 Å². The van der Waals surface area contributed by atoms with Crippen molar-refractivity contribution in [3.8, 4) is 0 Å². The predicted molar refractivity (Wildman–Crippen MR) is 80.7 cm³/mol. The first-order chi connectivity index (χ1) is 10.4. The Labute approximate surface area is 124 Å². The fraction of sp³-hybridized carbons (Fsp3) is 0.143. The van der Waals surface area contributed by atoms with Gasteiger partial charge >= 0.3 is 5.69 Å². The number of hydrogen-bond acceptors (Lipinski definition) is 4. The number of nitrogens with one attached hydrogen (secondary N) is 3. The van der Waals surface area contributed by atoms with Gasteiger partial charge in [-0.25, -0.2) is 4.79 Å². The van der Waals surface area contributed by atoms with E-state index >= 15 is 0 Å². The van der Waals surface area contributed by atoms with Crippen LogP contribution < -0.4 is 21.9 Å². The van der Waals surface area contributed by atoms with Crippen LogP contribution in [0.4, 0.5) is 11.4 Å². The summed E-state index contributed by atoms with van der Waals surface area (Å²) >= 11 is 0. The number of carbonyl (C=O) groups excluding carboxylic acids is 2. The average Bonchev–Trinajstić information content (AvgIpc) is 2.43. The van der Waals surface area contributed by atoms with E-state index < -0.39 is 17.2 Å². The Morgan fingerprint density at radius 3 is 2.18 bits per heavy atom. The van der Waals surface area contributed by atoms with E-state index in [0.29, 0.717) is 11.4 Å². The number of amides is 2. The van der Waals surface area contributed by atoms with Gasteiger partial charge in [-0.3, -0.25) is 23.9 Å². The molecule has 2 rings (SSSR count). The van der Waals surface area contributed by atoms with Crippen molar-refractivity contribution in [2.75, 3.05) is 10.6 Å². The maximum absolute atomic E-state index is 11.8. The lowest BCUT2D eigenvalue weighted by Gasteiger charge is -2.08. The number of carbonyl (C=O) groups is 2. The third-order valence-electron chi connectivity index (χ3n) is 2.70. The zero-order chi connectivity index (χ0) is 16.1. The number of anilines is 2. The van der Waals surface area contributed by atoms with Crippen LogP contribution in [0.2, 0.25) is 0 Å². The standard InChI is InChI=1S/C14H14N4O4/c1-9(19)15-10-2-4-11(5-3-10)16-13(21)8-18-7-6-12(20)17-14(18)22/h2-7H,8H2,1H3,(H,15,19)(H,16,21)(H,17,20,22). The third-order valence-corrected chi connectivity index (χ3v) is 2.70. The zero-order valence-electron chi connectivity index (χ0n) is 11.8. The lowest BCUT2D eigenvalue weighted by atomic mass is 10.2. The highest BCUT2D eigenvalue weighted by Gasteiger charge is 2.05. The molecule has 0 saturated heterocycles. The fourth-order valence-electron chi connectivity index (χ4n) is 1.76. The second-order valence-electron chi connectivity index (χ2n) is 4.54. The molecule has 8 nitrogen and oxygen atoms in total. The predicted octanol–water partition coefficient (Wildman–Crippen LogP) is 0.134. The first kappa shape index (κ1) is 15.2. The molecule has 0 aliphatic rings. The first-order valence-corrected chi connectivity index (χ1v) is 6.41. The van der Waals surface area contributed by atoms with Crippen molar-refractivity contribution in [1.82, 2.24) is 9.55 Å². The Balaban J connectivity index is 2.01. The smallest absolute Gasteiger partial charge is 0.326 e. The maximum Gasteiger partial charge on any atom is 0.328 e. The van der Waals surface area contributed by atoms with Gasteiger partial charge in [0.05, 0.1) is 0 Å². The van der Waals surface area contributed by atoms with Crippen LogP contribution >= 0.6 is 0 Å². The average molecular weight is 302 g/mol. The summed E-state index contributed by atoms with van der Waals surface area (Å²) in [4.78, 5) is 47.2. The van der Waals surface area contributed by atoms with E-state index in [2.05, 4.69) is 15.6 Å². The molecule has 1 heterocycles. The van der Waals surface area contributed by atoms with Crippen molar-refractivity contribution >= 4 is 23.2 Å². The summed E-state index contributed by atoms with van der Waals surface area (Å²) in [5.41, 5.74) is -0.0298. The van der Waals surface area contributed by atoms with Crippen LogP contribution in [0.15, 0.2) is 46.1 Å². The van der Waals surface area contributed by atoms with Gasteiger partial charge < -0.3 is 10.6 Å². The highest BCUT2D eigenvalue weighted by Crippen LogP contribution is 2.13. The topological polar surface area (TPSA) is 113 Å². The van der Waals surface area contributed by atoms with Crippen LogP contribution in [0.25, 0.3) is 0 Å². The van der Waals surface area contributed by atoms with Gasteiger partial charge in [0.1, 0.15) is 6.54 Å². The molecule has 0 atom stereocenters. The SMILES string of the molecule is CC(=O)Nc1ccc(NC(=O)Cn2ccc(=O)[nH]c2=O)cc1. The number of rotatable bonds is 4. The lowest BCUT2D eigenvalue weighted by molar-refractivity contribution is -0.117. The molecule has 2 aromatic rings. The number of benzene rings is 1. The van der Waals surface area contributed by atoms with E-state index in [9.17, 15) is 19.2 Å². The third kappa shape index (κ3) is 4.17. The number of nitrogens with zero attached hydrogens (tertiary/aromatic N) is 1. The van der Waals surface area contributed by atoms with Crippen molar-refractivity contribution in [2.24, 2.45) is 0 Å². The largest absolute Gasteiger partial charge is 0.328 e. The summed E-state index contributed by atoms with van der Waals surface area (Å²) < 4.78 is 1.09. The normalized spacial score (nSPS) is 10.0. The van der Waals surface area contributed by atoms with Crippen molar-refractivity contribution in [3.63, 3.8) is 0 Å². The second-order valence-corrected chi connectivity index (χ2v) is 4.54. The Morgan fingerprint density at radius 2 is 1.64 bits per heavy atom. The molecule has 1 aromatic carbocycles. The Hall–Kier alpha value is -3.16. The highest BCUT2D eigenvalue weighted by atomic mass is 16.2. The molecular formula is C14H14N4O4. The quantitative estimate of drug-likeness (QED) is 0.745.